The Kier molecular flexibility index (Phi) is 3.42. The van der Waals surface area contributed by atoms with E-state index < -0.39 is 36.7 Å². The van der Waals surface area contributed by atoms with Gasteiger partial charge in [-0.1, -0.05) is 6.07 Å². The molecule has 2 nitrogen and oxygen atoms in total. The van der Waals surface area contributed by atoms with Gasteiger partial charge < -0.3 is 10.5 Å². The number of ether oxygens (including phenoxy) is 1. The summed E-state index contributed by atoms with van der Waals surface area (Å²) in [4.78, 5) is 0. The lowest BCUT2D eigenvalue weighted by molar-refractivity contribution is -0.137. The fourth-order valence-electron chi connectivity index (χ4n) is 2.09. The van der Waals surface area contributed by atoms with E-state index in [0.29, 0.717) is 5.56 Å². The number of hydrogen-bond donors (Lipinski definition) is 1. The lowest BCUT2D eigenvalue weighted by Gasteiger charge is -2.37. The summed E-state index contributed by atoms with van der Waals surface area (Å²) in [5.41, 5.74) is 3.34. The smallest absolute Gasteiger partial charge is 0.416 e. The van der Waals surface area contributed by atoms with E-state index >= 15 is 0 Å². The van der Waals surface area contributed by atoms with Crippen molar-refractivity contribution in [1.82, 2.24) is 0 Å². The minimum Gasteiger partial charge on any atom is -0.481 e. The molecule has 1 aliphatic rings. The van der Waals surface area contributed by atoms with Crippen LogP contribution in [0.5, 0.6) is 5.75 Å². The number of hydrogen-bond acceptors (Lipinski definition) is 2. The zero-order valence-corrected chi connectivity index (χ0v) is 9.81. The second-order valence-corrected chi connectivity index (χ2v) is 4.61. The van der Waals surface area contributed by atoms with Crippen LogP contribution in [0, 0.1) is 0 Å². The minimum atomic E-state index is -4.55. The van der Waals surface area contributed by atoms with Crippen LogP contribution in [0.3, 0.4) is 0 Å². The molecule has 1 atom stereocenters. The maximum atomic E-state index is 12.9. The van der Waals surface area contributed by atoms with Crippen molar-refractivity contribution >= 4 is 0 Å². The van der Waals surface area contributed by atoms with Crippen molar-refractivity contribution in [1.29, 1.82) is 0 Å². The molecule has 7 heteroatoms. The normalized spacial score (nSPS) is 21.7. The van der Waals surface area contributed by atoms with E-state index in [9.17, 15) is 22.0 Å². The van der Waals surface area contributed by atoms with Crippen LogP contribution in [0.4, 0.5) is 22.0 Å². The highest BCUT2D eigenvalue weighted by molar-refractivity contribution is 5.43. The molecule has 2 N–H and O–H groups in total. The molecule has 0 spiro atoms. The standard InChI is InChI=1S/C12H12F5NO/c13-5-11(6-14)4-9(18)8-2-1-7(12(15,16)17)3-10(8)19-11/h1-3,9H,4-6,18H2. The van der Waals surface area contributed by atoms with E-state index in [1.54, 1.807) is 0 Å². The first-order chi connectivity index (χ1) is 8.81. The van der Waals surface area contributed by atoms with Crippen LogP contribution in [0.1, 0.15) is 23.6 Å². The maximum absolute atomic E-state index is 12.9. The van der Waals surface area contributed by atoms with E-state index in [4.69, 9.17) is 10.5 Å². The van der Waals surface area contributed by atoms with Crippen LogP contribution in [0.25, 0.3) is 0 Å². The third-order valence-corrected chi connectivity index (χ3v) is 3.15. The molecule has 19 heavy (non-hydrogen) atoms. The number of alkyl halides is 5. The van der Waals surface area contributed by atoms with Gasteiger partial charge in [0.2, 0.25) is 0 Å². The molecular weight excluding hydrogens is 269 g/mol. The molecule has 0 saturated heterocycles. The third kappa shape index (κ3) is 2.51. The molecule has 0 saturated carbocycles. The average molecular weight is 281 g/mol. The lowest BCUT2D eigenvalue weighted by atomic mass is 9.88. The van der Waals surface area contributed by atoms with Gasteiger partial charge in [-0.3, -0.25) is 0 Å². The van der Waals surface area contributed by atoms with Crippen molar-refractivity contribution in [3.05, 3.63) is 29.3 Å². The van der Waals surface area contributed by atoms with Gasteiger partial charge in [0.25, 0.3) is 0 Å². The van der Waals surface area contributed by atoms with Crippen molar-refractivity contribution in [3.8, 4) is 5.75 Å². The summed E-state index contributed by atoms with van der Waals surface area (Å²) < 4.78 is 68.6. The van der Waals surface area contributed by atoms with Crippen molar-refractivity contribution in [2.45, 2.75) is 24.2 Å². The summed E-state index contributed by atoms with van der Waals surface area (Å²) in [6.07, 6.45) is -4.66. The Morgan fingerprint density at radius 1 is 1.26 bits per heavy atom. The Morgan fingerprint density at radius 2 is 1.89 bits per heavy atom. The third-order valence-electron chi connectivity index (χ3n) is 3.15. The molecule has 0 bridgehead atoms. The molecule has 1 aromatic carbocycles. The van der Waals surface area contributed by atoms with Crippen LogP contribution in [0.2, 0.25) is 0 Å². The maximum Gasteiger partial charge on any atom is 0.416 e. The first kappa shape index (κ1) is 14.0. The van der Waals surface area contributed by atoms with Crippen LogP contribution >= 0.6 is 0 Å². The van der Waals surface area contributed by atoms with Gasteiger partial charge >= 0.3 is 6.18 Å². The molecule has 106 valence electrons. The number of rotatable bonds is 2. The molecule has 1 aliphatic heterocycles. The topological polar surface area (TPSA) is 35.2 Å². The van der Waals surface area contributed by atoms with E-state index in [1.807, 2.05) is 0 Å². The Morgan fingerprint density at radius 3 is 2.42 bits per heavy atom. The van der Waals surface area contributed by atoms with Gasteiger partial charge in [0.1, 0.15) is 19.1 Å². The molecular formula is C12H12F5NO. The molecule has 0 aliphatic carbocycles. The SMILES string of the molecule is NC1CC(CF)(CF)Oc2cc(C(F)(F)F)ccc21. The highest BCUT2D eigenvalue weighted by Gasteiger charge is 2.42. The highest BCUT2D eigenvalue weighted by atomic mass is 19.4. The van der Waals surface area contributed by atoms with Gasteiger partial charge in [0.15, 0.2) is 5.60 Å². The second-order valence-electron chi connectivity index (χ2n) is 4.61. The Labute approximate surface area is 106 Å². The van der Waals surface area contributed by atoms with Crippen molar-refractivity contribution < 1.29 is 26.7 Å². The first-order valence-electron chi connectivity index (χ1n) is 5.59. The van der Waals surface area contributed by atoms with E-state index in [1.165, 1.54) is 6.07 Å². The number of halogens is 5. The van der Waals surface area contributed by atoms with Gasteiger partial charge in [-0.05, 0) is 12.1 Å². The molecule has 0 fully saturated rings. The predicted octanol–water partition coefficient (Wildman–Crippen LogP) is 3.17. The predicted molar refractivity (Wildman–Crippen MR) is 58.3 cm³/mol. The molecule has 2 rings (SSSR count). The average Bonchev–Trinajstić information content (AvgIpc) is 2.36. The molecule has 0 aromatic heterocycles. The van der Waals surface area contributed by atoms with Gasteiger partial charge in [-0.15, -0.1) is 0 Å². The summed E-state index contributed by atoms with van der Waals surface area (Å²) >= 11 is 0. The number of fused-ring (bicyclic) bond motifs is 1. The van der Waals surface area contributed by atoms with Gasteiger partial charge in [-0.25, -0.2) is 8.78 Å². The largest absolute Gasteiger partial charge is 0.481 e. The second kappa shape index (κ2) is 4.63. The molecule has 1 heterocycles. The van der Waals surface area contributed by atoms with E-state index in [0.717, 1.165) is 12.1 Å². The summed E-state index contributed by atoms with van der Waals surface area (Å²) in [7, 11) is 0. The van der Waals surface area contributed by atoms with Crippen LogP contribution < -0.4 is 10.5 Å². The van der Waals surface area contributed by atoms with Crippen LogP contribution in [0.15, 0.2) is 18.2 Å². The van der Waals surface area contributed by atoms with Crippen molar-refractivity contribution in [2.75, 3.05) is 13.3 Å². The highest BCUT2D eigenvalue weighted by Crippen LogP contribution is 2.42. The van der Waals surface area contributed by atoms with E-state index in [2.05, 4.69) is 0 Å². The summed E-state index contributed by atoms with van der Waals surface area (Å²) in [6.45, 7) is -2.29. The monoisotopic (exact) mass is 281 g/mol. The summed E-state index contributed by atoms with van der Waals surface area (Å²) in [5.74, 6) is -0.205. The number of nitrogens with two attached hydrogens (primary N) is 1. The summed E-state index contributed by atoms with van der Waals surface area (Å²) in [6, 6.07) is 2.04. The fourth-order valence-corrected chi connectivity index (χ4v) is 2.09. The van der Waals surface area contributed by atoms with Crippen LogP contribution in [-0.4, -0.2) is 19.0 Å². The Hall–Kier alpha value is -1.37. The Bertz CT molecular complexity index is 470. The van der Waals surface area contributed by atoms with Crippen LogP contribution in [-0.2, 0) is 6.18 Å². The minimum absolute atomic E-state index is 0.113. The van der Waals surface area contributed by atoms with E-state index in [-0.39, 0.29) is 12.2 Å². The van der Waals surface area contributed by atoms with Crippen molar-refractivity contribution in [3.63, 3.8) is 0 Å². The molecule has 0 amide bonds. The number of benzene rings is 1. The molecule has 0 radical (unpaired) electrons. The Balaban J connectivity index is 2.44. The quantitative estimate of drug-likeness (QED) is 0.845. The first-order valence-corrected chi connectivity index (χ1v) is 5.59. The molecule has 1 aromatic rings. The lowest BCUT2D eigenvalue weighted by Crippen LogP contribution is -2.47. The summed E-state index contributed by atoms with van der Waals surface area (Å²) in [5, 5.41) is 0. The zero-order valence-electron chi connectivity index (χ0n) is 9.81. The molecule has 1 unspecified atom stereocenters. The zero-order chi connectivity index (χ0) is 14.3. The van der Waals surface area contributed by atoms with Crippen molar-refractivity contribution in [2.24, 2.45) is 5.73 Å². The van der Waals surface area contributed by atoms with Gasteiger partial charge in [0, 0.05) is 18.0 Å². The van der Waals surface area contributed by atoms with Gasteiger partial charge in [0.05, 0.1) is 5.56 Å². The van der Waals surface area contributed by atoms with Gasteiger partial charge in [-0.2, -0.15) is 13.2 Å². The fraction of sp³-hybridized carbons (Fsp3) is 0.500.